The largest absolute Gasteiger partial charge is 0.335 e. The highest BCUT2D eigenvalue weighted by molar-refractivity contribution is 7.99. The van der Waals surface area contributed by atoms with Crippen molar-refractivity contribution in [2.75, 3.05) is 5.75 Å². The molecule has 27 heavy (non-hydrogen) atoms. The smallest absolute Gasteiger partial charge is 0.321 e. The number of hydrogen-bond donors (Lipinski definition) is 2. The third kappa shape index (κ3) is 5.82. The summed E-state index contributed by atoms with van der Waals surface area (Å²) in [6.07, 6.45) is 0.777. The monoisotopic (exact) mass is 390 g/mol. The first kappa shape index (κ1) is 21.0. The van der Waals surface area contributed by atoms with Gasteiger partial charge in [0.05, 0.1) is 16.7 Å². The molecule has 0 unspecified atom stereocenters. The second-order valence-corrected chi connectivity index (χ2v) is 7.78. The van der Waals surface area contributed by atoms with Gasteiger partial charge in [-0.2, -0.15) is 0 Å². The van der Waals surface area contributed by atoms with Crippen LogP contribution in [-0.4, -0.2) is 33.3 Å². The SMILES string of the molecule is CC[C@@H](C)NC(=O)NC(=O)CSc1nc2ccccc2c(=O)n1CC(C)C. The number of carbonyl (C=O) groups is 2. The molecule has 3 amide bonds. The van der Waals surface area contributed by atoms with Gasteiger partial charge in [0.1, 0.15) is 0 Å². The lowest BCUT2D eigenvalue weighted by atomic mass is 10.2. The first-order valence-corrected chi connectivity index (χ1v) is 10.0. The lowest BCUT2D eigenvalue weighted by Crippen LogP contribution is -2.44. The van der Waals surface area contributed by atoms with Crippen LogP contribution in [-0.2, 0) is 11.3 Å². The zero-order valence-electron chi connectivity index (χ0n) is 16.1. The topological polar surface area (TPSA) is 93.1 Å². The maximum absolute atomic E-state index is 12.8. The normalized spacial score (nSPS) is 12.2. The number of carbonyl (C=O) groups excluding carboxylic acids is 2. The molecular weight excluding hydrogens is 364 g/mol. The summed E-state index contributed by atoms with van der Waals surface area (Å²) >= 11 is 1.15. The Hall–Kier alpha value is -2.35. The minimum Gasteiger partial charge on any atom is -0.335 e. The zero-order chi connectivity index (χ0) is 20.0. The fourth-order valence-corrected chi connectivity index (χ4v) is 3.25. The van der Waals surface area contributed by atoms with E-state index in [1.807, 2.05) is 33.8 Å². The van der Waals surface area contributed by atoms with E-state index in [1.165, 1.54) is 0 Å². The molecule has 0 saturated heterocycles. The van der Waals surface area contributed by atoms with E-state index in [2.05, 4.69) is 15.6 Å². The molecule has 1 heterocycles. The van der Waals surface area contributed by atoms with Gasteiger partial charge in [0.25, 0.3) is 5.56 Å². The second kappa shape index (κ2) is 9.55. The van der Waals surface area contributed by atoms with Crippen molar-refractivity contribution >= 4 is 34.6 Å². The number of imide groups is 1. The van der Waals surface area contributed by atoms with Crippen LogP contribution in [0.25, 0.3) is 10.9 Å². The lowest BCUT2D eigenvalue weighted by molar-refractivity contribution is -0.117. The van der Waals surface area contributed by atoms with Crippen molar-refractivity contribution in [2.24, 2.45) is 5.92 Å². The molecule has 0 aliphatic carbocycles. The lowest BCUT2D eigenvalue weighted by Gasteiger charge is -2.15. The molecule has 2 N–H and O–H groups in total. The number of rotatable bonds is 7. The number of thioether (sulfide) groups is 1. The molecule has 1 aromatic heterocycles. The summed E-state index contributed by atoms with van der Waals surface area (Å²) in [6, 6.07) is 6.63. The number of aromatic nitrogens is 2. The van der Waals surface area contributed by atoms with Crippen LogP contribution in [0.15, 0.2) is 34.2 Å². The molecule has 8 heteroatoms. The van der Waals surface area contributed by atoms with Gasteiger partial charge >= 0.3 is 6.03 Å². The molecule has 0 fully saturated rings. The molecule has 0 aliphatic heterocycles. The molecule has 0 aliphatic rings. The van der Waals surface area contributed by atoms with Crippen LogP contribution in [0.5, 0.6) is 0 Å². The van der Waals surface area contributed by atoms with Crippen molar-refractivity contribution in [2.45, 2.75) is 51.9 Å². The Morgan fingerprint density at radius 3 is 2.59 bits per heavy atom. The highest BCUT2D eigenvalue weighted by Crippen LogP contribution is 2.18. The van der Waals surface area contributed by atoms with E-state index in [0.29, 0.717) is 22.6 Å². The van der Waals surface area contributed by atoms with Gasteiger partial charge in [0.2, 0.25) is 5.91 Å². The highest BCUT2D eigenvalue weighted by Gasteiger charge is 2.15. The molecule has 1 aromatic carbocycles. The Bertz CT molecular complexity index is 879. The summed E-state index contributed by atoms with van der Waals surface area (Å²) in [5.74, 6) is -0.184. The van der Waals surface area contributed by atoms with Gasteiger partial charge in [0, 0.05) is 12.6 Å². The van der Waals surface area contributed by atoms with Gasteiger partial charge in [-0.3, -0.25) is 19.5 Å². The van der Waals surface area contributed by atoms with Crippen molar-refractivity contribution in [1.82, 2.24) is 20.2 Å². The predicted octanol–water partition coefficient (Wildman–Crippen LogP) is 2.77. The standard InChI is InChI=1S/C19H26N4O3S/c1-5-13(4)20-18(26)22-16(24)11-27-19-21-15-9-7-6-8-14(15)17(25)23(19)10-12(2)3/h6-9,12-13H,5,10-11H2,1-4H3,(H2,20,22,24,26)/t13-/m1/s1. The highest BCUT2D eigenvalue weighted by atomic mass is 32.2. The van der Waals surface area contributed by atoms with Crippen molar-refractivity contribution in [3.8, 4) is 0 Å². The van der Waals surface area contributed by atoms with E-state index in [0.717, 1.165) is 18.2 Å². The van der Waals surface area contributed by atoms with Crippen LogP contribution in [0.4, 0.5) is 4.79 Å². The average Bonchev–Trinajstić information content (AvgIpc) is 2.62. The van der Waals surface area contributed by atoms with Crippen LogP contribution in [0.1, 0.15) is 34.1 Å². The number of fused-ring (bicyclic) bond motifs is 1. The number of nitrogens with zero attached hydrogens (tertiary/aromatic N) is 2. The molecule has 1 atom stereocenters. The van der Waals surface area contributed by atoms with Gasteiger partial charge < -0.3 is 5.32 Å². The summed E-state index contributed by atoms with van der Waals surface area (Å²) in [6.45, 7) is 8.35. The quantitative estimate of drug-likeness (QED) is 0.560. The zero-order valence-corrected chi connectivity index (χ0v) is 16.9. The Kier molecular flexibility index (Phi) is 7.41. The van der Waals surface area contributed by atoms with Gasteiger partial charge in [-0.25, -0.2) is 9.78 Å². The number of para-hydroxylation sites is 1. The summed E-state index contributed by atoms with van der Waals surface area (Å²) in [7, 11) is 0. The molecule has 0 saturated carbocycles. The number of amides is 3. The molecular formula is C19H26N4O3S. The van der Waals surface area contributed by atoms with Crippen molar-refractivity contribution in [1.29, 1.82) is 0 Å². The summed E-state index contributed by atoms with van der Waals surface area (Å²) < 4.78 is 1.60. The van der Waals surface area contributed by atoms with Crippen LogP contribution in [0, 0.1) is 5.92 Å². The van der Waals surface area contributed by atoms with E-state index in [1.54, 1.807) is 22.8 Å². The Labute approximate surface area is 162 Å². The van der Waals surface area contributed by atoms with E-state index in [-0.39, 0.29) is 23.3 Å². The summed E-state index contributed by atoms with van der Waals surface area (Å²) in [5, 5.41) is 6.01. The Balaban J connectivity index is 2.16. The molecule has 0 radical (unpaired) electrons. The van der Waals surface area contributed by atoms with E-state index >= 15 is 0 Å². The maximum atomic E-state index is 12.8. The number of benzene rings is 1. The van der Waals surface area contributed by atoms with Crippen LogP contribution < -0.4 is 16.2 Å². The predicted molar refractivity (Wildman–Crippen MR) is 108 cm³/mol. The molecule has 0 bridgehead atoms. The average molecular weight is 391 g/mol. The number of nitrogens with one attached hydrogen (secondary N) is 2. The fraction of sp³-hybridized carbons (Fsp3) is 0.474. The molecule has 2 rings (SSSR count). The summed E-state index contributed by atoms with van der Waals surface area (Å²) in [5.41, 5.74) is 0.478. The van der Waals surface area contributed by atoms with Crippen LogP contribution >= 0.6 is 11.8 Å². The van der Waals surface area contributed by atoms with E-state index < -0.39 is 11.9 Å². The first-order chi connectivity index (χ1) is 12.8. The second-order valence-electron chi connectivity index (χ2n) is 6.84. The van der Waals surface area contributed by atoms with E-state index in [4.69, 9.17) is 0 Å². The molecule has 146 valence electrons. The van der Waals surface area contributed by atoms with Gasteiger partial charge in [-0.1, -0.05) is 44.7 Å². The number of urea groups is 1. The summed E-state index contributed by atoms with van der Waals surface area (Å²) in [4.78, 5) is 41.2. The Morgan fingerprint density at radius 2 is 1.93 bits per heavy atom. The van der Waals surface area contributed by atoms with Gasteiger partial charge in [-0.15, -0.1) is 0 Å². The van der Waals surface area contributed by atoms with Crippen molar-refractivity contribution in [3.63, 3.8) is 0 Å². The van der Waals surface area contributed by atoms with E-state index in [9.17, 15) is 14.4 Å². The minimum atomic E-state index is -0.513. The number of hydrogen-bond acceptors (Lipinski definition) is 5. The van der Waals surface area contributed by atoms with Crippen molar-refractivity contribution < 1.29 is 9.59 Å². The third-order valence-electron chi connectivity index (χ3n) is 3.95. The first-order valence-electron chi connectivity index (χ1n) is 9.04. The fourth-order valence-electron chi connectivity index (χ4n) is 2.44. The molecule has 2 aromatic rings. The maximum Gasteiger partial charge on any atom is 0.321 e. The molecule has 7 nitrogen and oxygen atoms in total. The Morgan fingerprint density at radius 1 is 1.22 bits per heavy atom. The van der Waals surface area contributed by atoms with Gasteiger partial charge in [0.15, 0.2) is 5.16 Å². The third-order valence-corrected chi connectivity index (χ3v) is 4.93. The minimum absolute atomic E-state index is 0.00317. The van der Waals surface area contributed by atoms with Crippen LogP contribution in [0.2, 0.25) is 0 Å². The van der Waals surface area contributed by atoms with Gasteiger partial charge in [-0.05, 0) is 31.4 Å². The molecule has 0 spiro atoms. The van der Waals surface area contributed by atoms with Crippen molar-refractivity contribution in [3.05, 3.63) is 34.6 Å². The van der Waals surface area contributed by atoms with Crippen LogP contribution in [0.3, 0.4) is 0 Å².